The molecule has 0 bridgehead atoms. The van der Waals surface area contributed by atoms with Gasteiger partial charge in [-0.2, -0.15) is 0 Å². The summed E-state index contributed by atoms with van der Waals surface area (Å²) in [6.45, 7) is 7.04. The minimum atomic E-state index is -0.0629. The number of nitrogens with one attached hydrogen (secondary N) is 1. The SMILES string of the molecule is CCOC(=O)C1CCN(C(=NC)NCC(C)CSc2ccccc2OC)CC1.I. The number of likely N-dealkylation sites (tertiary alicyclic amines) is 1. The smallest absolute Gasteiger partial charge is 0.309 e. The molecule has 1 unspecified atom stereocenters. The number of piperidine rings is 1. The van der Waals surface area contributed by atoms with Gasteiger partial charge in [-0.1, -0.05) is 19.1 Å². The van der Waals surface area contributed by atoms with Gasteiger partial charge < -0.3 is 19.7 Å². The van der Waals surface area contributed by atoms with Crippen molar-refractivity contribution in [2.24, 2.45) is 16.8 Å². The number of aliphatic imine (C=N–C) groups is 1. The van der Waals surface area contributed by atoms with Crippen LogP contribution in [0.3, 0.4) is 0 Å². The average molecular weight is 535 g/mol. The fourth-order valence-corrected chi connectivity index (χ4v) is 4.26. The van der Waals surface area contributed by atoms with Gasteiger partial charge in [0.2, 0.25) is 0 Å². The molecule has 0 amide bonds. The molecule has 6 nitrogen and oxygen atoms in total. The lowest BCUT2D eigenvalue weighted by atomic mass is 9.97. The molecule has 0 radical (unpaired) electrons. The Morgan fingerprint density at radius 1 is 1.34 bits per heavy atom. The molecule has 0 saturated carbocycles. The number of carbonyl (C=O) groups is 1. The first-order valence-electron chi connectivity index (χ1n) is 9.97. The van der Waals surface area contributed by atoms with Gasteiger partial charge in [-0.25, -0.2) is 0 Å². The lowest BCUT2D eigenvalue weighted by Gasteiger charge is -2.33. The van der Waals surface area contributed by atoms with Gasteiger partial charge in [0.1, 0.15) is 5.75 Å². The van der Waals surface area contributed by atoms with Gasteiger partial charge in [-0.3, -0.25) is 9.79 Å². The highest BCUT2D eigenvalue weighted by Crippen LogP contribution is 2.29. The lowest BCUT2D eigenvalue weighted by molar-refractivity contribution is -0.149. The molecule has 164 valence electrons. The molecule has 1 saturated heterocycles. The van der Waals surface area contributed by atoms with Crippen molar-refractivity contribution >= 4 is 47.7 Å². The molecular formula is C21H34IN3O3S. The first-order valence-corrected chi connectivity index (χ1v) is 11.0. The highest BCUT2D eigenvalue weighted by atomic mass is 127. The van der Waals surface area contributed by atoms with Gasteiger partial charge in [0.25, 0.3) is 0 Å². The van der Waals surface area contributed by atoms with Crippen LogP contribution in [0.5, 0.6) is 5.75 Å². The number of esters is 1. The van der Waals surface area contributed by atoms with E-state index in [0.29, 0.717) is 12.5 Å². The summed E-state index contributed by atoms with van der Waals surface area (Å²) in [5.74, 6) is 3.26. The number of rotatable bonds is 8. The number of nitrogens with zero attached hydrogens (tertiary/aromatic N) is 2. The first-order chi connectivity index (χ1) is 13.6. The van der Waals surface area contributed by atoms with Crippen LogP contribution in [0.2, 0.25) is 0 Å². The summed E-state index contributed by atoms with van der Waals surface area (Å²) >= 11 is 1.81. The Morgan fingerprint density at radius 3 is 2.66 bits per heavy atom. The summed E-state index contributed by atoms with van der Waals surface area (Å²) in [5, 5.41) is 3.49. The van der Waals surface area contributed by atoms with Gasteiger partial charge in [0.05, 0.1) is 19.6 Å². The molecule has 0 spiro atoms. The quantitative estimate of drug-likeness (QED) is 0.179. The van der Waals surface area contributed by atoms with E-state index in [2.05, 4.69) is 28.2 Å². The molecular weight excluding hydrogens is 501 g/mol. The summed E-state index contributed by atoms with van der Waals surface area (Å²) in [7, 11) is 3.52. The largest absolute Gasteiger partial charge is 0.496 e. The topological polar surface area (TPSA) is 63.2 Å². The van der Waals surface area contributed by atoms with E-state index in [1.807, 2.05) is 43.9 Å². The molecule has 1 N–H and O–H groups in total. The van der Waals surface area contributed by atoms with Gasteiger partial charge in [-0.15, -0.1) is 35.7 Å². The van der Waals surface area contributed by atoms with E-state index < -0.39 is 0 Å². The summed E-state index contributed by atoms with van der Waals surface area (Å²) in [5.41, 5.74) is 0. The number of hydrogen-bond acceptors (Lipinski definition) is 5. The highest BCUT2D eigenvalue weighted by molar-refractivity contribution is 14.0. The second-order valence-corrected chi connectivity index (χ2v) is 8.07. The summed E-state index contributed by atoms with van der Waals surface area (Å²) in [6, 6.07) is 8.11. The molecule has 1 heterocycles. The van der Waals surface area contributed by atoms with Gasteiger partial charge in [0, 0.05) is 37.3 Å². The third-order valence-corrected chi connectivity index (χ3v) is 6.21. The van der Waals surface area contributed by atoms with Crippen molar-refractivity contribution in [3.05, 3.63) is 24.3 Å². The molecule has 1 fully saturated rings. The minimum absolute atomic E-state index is 0. The predicted octanol–water partition coefficient (Wildman–Crippen LogP) is 3.89. The highest BCUT2D eigenvalue weighted by Gasteiger charge is 2.27. The monoisotopic (exact) mass is 535 g/mol. The Balaban J connectivity index is 0.00000420. The molecule has 2 rings (SSSR count). The zero-order chi connectivity index (χ0) is 20.4. The van der Waals surface area contributed by atoms with E-state index in [1.165, 1.54) is 4.90 Å². The van der Waals surface area contributed by atoms with Crippen molar-refractivity contribution < 1.29 is 14.3 Å². The number of ether oxygens (including phenoxy) is 2. The van der Waals surface area contributed by atoms with Crippen LogP contribution in [-0.2, 0) is 9.53 Å². The number of guanidine groups is 1. The normalized spacial score (nSPS) is 16.0. The van der Waals surface area contributed by atoms with E-state index in [9.17, 15) is 4.79 Å². The first kappa shape index (κ1) is 25.9. The van der Waals surface area contributed by atoms with Crippen LogP contribution < -0.4 is 10.1 Å². The van der Waals surface area contributed by atoms with Crippen LogP contribution in [-0.4, -0.2) is 63.0 Å². The summed E-state index contributed by atoms with van der Waals surface area (Å²) in [6.07, 6.45) is 1.64. The van der Waals surface area contributed by atoms with Crippen LogP contribution in [0.1, 0.15) is 26.7 Å². The van der Waals surface area contributed by atoms with E-state index in [-0.39, 0.29) is 35.9 Å². The number of carbonyl (C=O) groups excluding carboxylic acids is 1. The van der Waals surface area contributed by atoms with Gasteiger partial charge >= 0.3 is 5.97 Å². The van der Waals surface area contributed by atoms with Crippen LogP contribution in [0, 0.1) is 11.8 Å². The van der Waals surface area contributed by atoms with Gasteiger partial charge in [-0.05, 0) is 37.8 Å². The van der Waals surface area contributed by atoms with Crippen molar-refractivity contribution in [3.8, 4) is 5.75 Å². The number of hydrogen-bond donors (Lipinski definition) is 1. The Morgan fingerprint density at radius 2 is 2.03 bits per heavy atom. The van der Waals surface area contributed by atoms with Crippen molar-refractivity contribution in [2.45, 2.75) is 31.6 Å². The van der Waals surface area contributed by atoms with Crippen molar-refractivity contribution in [2.75, 3.05) is 46.2 Å². The number of thioether (sulfide) groups is 1. The van der Waals surface area contributed by atoms with E-state index in [4.69, 9.17) is 9.47 Å². The third-order valence-electron chi connectivity index (χ3n) is 4.83. The second kappa shape index (κ2) is 14.0. The van der Waals surface area contributed by atoms with Crippen LogP contribution in [0.25, 0.3) is 0 Å². The Bertz CT molecular complexity index is 652. The number of methoxy groups -OCH3 is 1. The van der Waals surface area contributed by atoms with E-state index >= 15 is 0 Å². The van der Waals surface area contributed by atoms with Gasteiger partial charge in [0.15, 0.2) is 5.96 Å². The molecule has 1 atom stereocenters. The molecule has 0 aromatic heterocycles. The van der Waals surface area contributed by atoms with Crippen molar-refractivity contribution in [1.29, 1.82) is 0 Å². The zero-order valence-corrected chi connectivity index (χ0v) is 21.0. The predicted molar refractivity (Wildman–Crippen MR) is 131 cm³/mol. The second-order valence-electron chi connectivity index (χ2n) is 7.01. The zero-order valence-electron chi connectivity index (χ0n) is 17.8. The standard InChI is InChI=1S/C21H33N3O3S.HI/c1-5-27-20(25)17-10-12-24(13-11-17)21(22-3)23-14-16(2)15-28-19-9-7-6-8-18(19)26-4;/h6-9,16-17H,5,10-15H2,1-4H3,(H,22,23);1H. The molecule has 0 aliphatic carbocycles. The molecule has 1 aromatic rings. The molecule has 8 heteroatoms. The molecule has 1 aliphatic rings. The summed E-state index contributed by atoms with van der Waals surface area (Å²) < 4.78 is 10.6. The van der Waals surface area contributed by atoms with E-state index in [1.54, 1.807) is 7.11 Å². The number of benzene rings is 1. The molecule has 1 aliphatic heterocycles. The Kier molecular flexibility index (Phi) is 12.4. The maximum absolute atomic E-state index is 11.9. The van der Waals surface area contributed by atoms with Crippen LogP contribution in [0.4, 0.5) is 0 Å². The third kappa shape index (κ3) is 8.24. The molecule has 29 heavy (non-hydrogen) atoms. The minimum Gasteiger partial charge on any atom is -0.496 e. The number of para-hydroxylation sites is 1. The Hall–Kier alpha value is -1.16. The fourth-order valence-electron chi connectivity index (χ4n) is 3.21. The fraction of sp³-hybridized carbons (Fsp3) is 0.619. The maximum atomic E-state index is 11.9. The van der Waals surface area contributed by atoms with Crippen molar-refractivity contribution in [1.82, 2.24) is 10.2 Å². The number of halogens is 1. The maximum Gasteiger partial charge on any atom is 0.309 e. The van der Waals surface area contributed by atoms with Crippen LogP contribution >= 0.6 is 35.7 Å². The summed E-state index contributed by atoms with van der Waals surface area (Å²) in [4.78, 5) is 19.7. The Labute approximate surface area is 196 Å². The van der Waals surface area contributed by atoms with E-state index in [0.717, 1.165) is 49.9 Å². The average Bonchev–Trinajstić information content (AvgIpc) is 2.73. The lowest BCUT2D eigenvalue weighted by Crippen LogP contribution is -2.47. The molecule has 1 aromatic carbocycles. The van der Waals surface area contributed by atoms with Crippen molar-refractivity contribution in [3.63, 3.8) is 0 Å². The van der Waals surface area contributed by atoms with Crippen LogP contribution in [0.15, 0.2) is 34.2 Å².